The van der Waals surface area contributed by atoms with E-state index in [1.54, 1.807) is 12.1 Å². The molecule has 0 spiro atoms. The highest BCUT2D eigenvalue weighted by Crippen LogP contribution is 2.12. The van der Waals surface area contributed by atoms with Gasteiger partial charge in [-0.15, -0.1) is 0 Å². The second-order valence-corrected chi connectivity index (χ2v) is 3.41. The molecule has 2 nitrogen and oxygen atoms in total. The smallest absolute Gasteiger partial charge is 0.338 e. The predicted molar refractivity (Wildman–Crippen MR) is 60.9 cm³/mol. The third kappa shape index (κ3) is 3.40. The highest BCUT2D eigenvalue weighted by molar-refractivity contribution is 7.80. The van der Waals surface area contributed by atoms with Crippen molar-refractivity contribution in [3.63, 3.8) is 0 Å². The number of allylic oxidation sites excluding steroid dienone is 1. The normalized spacial score (nSPS) is 10.8. The number of hydrogen-bond acceptors (Lipinski definition) is 2. The van der Waals surface area contributed by atoms with E-state index in [1.165, 1.54) is 12.1 Å². The maximum Gasteiger partial charge on any atom is 0.338 e. The Hall–Kier alpha value is -1.29. The lowest BCUT2D eigenvalue weighted by atomic mass is 10.1. The van der Waals surface area contributed by atoms with Gasteiger partial charge >= 0.3 is 5.97 Å². The Morgan fingerprint density at radius 3 is 2.80 bits per heavy atom. The topological polar surface area (TPSA) is 37.3 Å². The van der Waals surface area contributed by atoms with Crippen LogP contribution in [0.1, 0.15) is 22.3 Å². The van der Waals surface area contributed by atoms with Gasteiger partial charge in [0.25, 0.3) is 0 Å². The third-order valence-corrected chi connectivity index (χ3v) is 2.09. The standard InChI is InChI=1S/C11H11FO2S/c12-10-7-8(3-1-2-6-15)4-5-9(10)11(13)14/h1,3-5,7,15H,2,6H2,(H,13,14). The van der Waals surface area contributed by atoms with Crippen LogP contribution in [0.15, 0.2) is 24.3 Å². The maximum atomic E-state index is 13.2. The van der Waals surface area contributed by atoms with Gasteiger partial charge in [0.1, 0.15) is 5.82 Å². The number of benzene rings is 1. The van der Waals surface area contributed by atoms with Crippen LogP contribution in [-0.4, -0.2) is 16.8 Å². The first-order valence-corrected chi connectivity index (χ1v) is 5.08. The van der Waals surface area contributed by atoms with Crippen molar-refractivity contribution in [1.29, 1.82) is 0 Å². The van der Waals surface area contributed by atoms with E-state index in [2.05, 4.69) is 12.6 Å². The fourth-order valence-corrected chi connectivity index (χ4v) is 1.25. The van der Waals surface area contributed by atoms with Crippen molar-refractivity contribution in [2.75, 3.05) is 5.75 Å². The molecule has 0 aliphatic carbocycles. The van der Waals surface area contributed by atoms with E-state index in [9.17, 15) is 9.18 Å². The van der Waals surface area contributed by atoms with Gasteiger partial charge in [0.2, 0.25) is 0 Å². The van der Waals surface area contributed by atoms with Gasteiger partial charge in [0, 0.05) is 0 Å². The number of thiol groups is 1. The van der Waals surface area contributed by atoms with Crippen molar-refractivity contribution in [2.24, 2.45) is 0 Å². The van der Waals surface area contributed by atoms with Crippen LogP contribution in [0.25, 0.3) is 6.08 Å². The molecule has 4 heteroatoms. The minimum Gasteiger partial charge on any atom is -0.478 e. The average Bonchev–Trinajstić information content (AvgIpc) is 2.17. The van der Waals surface area contributed by atoms with Crippen LogP contribution in [0.2, 0.25) is 0 Å². The molecular weight excluding hydrogens is 215 g/mol. The van der Waals surface area contributed by atoms with E-state index in [4.69, 9.17) is 5.11 Å². The molecule has 0 radical (unpaired) electrons. The molecule has 0 heterocycles. The number of carboxylic acid groups (broad SMARTS) is 1. The molecule has 0 atom stereocenters. The highest BCUT2D eigenvalue weighted by atomic mass is 32.1. The highest BCUT2D eigenvalue weighted by Gasteiger charge is 2.08. The summed E-state index contributed by atoms with van der Waals surface area (Å²) in [7, 11) is 0. The minimum atomic E-state index is -1.25. The SMILES string of the molecule is O=C(O)c1ccc(C=CCCS)cc1F. The van der Waals surface area contributed by atoms with Crippen LogP contribution >= 0.6 is 12.6 Å². The van der Waals surface area contributed by atoms with Crippen LogP contribution in [0.5, 0.6) is 0 Å². The fourth-order valence-electron chi connectivity index (χ4n) is 1.10. The van der Waals surface area contributed by atoms with Gasteiger partial charge in [-0.25, -0.2) is 9.18 Å². The van der Waals surface area contributed by atoms with E-state index in [0.29, 0.717) is 5.56 Å². The Kier molecular flexibility index (Phi) is 4.37. The molecule has 15 heavy (non-hydrogen) atoms. The summed E-state index contributed by atoms with van der Waals surface area (Å²) < 4.78 is 13.2. The van der Waals surface area contributed by atoms with Crippen molar-refractivity contribution in [3.05, 3.63) is 41.2 Å². The number of hydrogen-bond donors (Lipinski definition) is 2. The molecule has 1 aromatic carbocycles. The number of carbonyl (C=O) groups is 1. The Bertz CT molecular complexity index is 388. The number of carboxylic acids is 1. The lowest BCUT2D eigenvalue weighted by molar-refractivity contribution is 0.0692. The lowest BCUT2D eigenvalue weighted by Crippen LogP contribution is -2.00. The molecule has 80 valence electrons. The van der Waals surface area contributed by atoms with E-state index in [1.807, 2.05) is 6.08 Å². The quantitative estimate of drug-likeness (QED) is 0.775. The molecule has 0 bridgehead atoms. The number of halogens is 1. The first-order valence-electron chi connectivity index (χ1n) is 4.45. The molecular formula is C11H11FO2S. The first kappa shape index (κ1) is 11.8. The Morgan fingerprint density at radius 2 is 2.27 bits per heavy atom. The summed E-state index contributed by atoms with van der Waals surface area (Å²) in [6.07, 6.45) is 4.40. The molecule has 0 aliphatic rings. The van der Waals surface area contributed by atoms with Gasteiger partial charge in [-0.2, -0.15) is 12.6 Å². The van der Waals surface area contributed by atoms with Crippen LogP contribution < -0.4 is 0 Å². The van der Waals surface area contributed by atoms with Gasteiger partial charge < -0.3 is 5.11 Å². The summed E-state index contributed by atoms with van der Waals surface area (Å²) in [6, 6.07) is 4.04. The van der Waals surface area contributed by atoms with Crippen LogP contribution in [0.4, 0.5) is 4.39 Å². The van der Waals surface area contributed by atoms with Crippen molar-refractivity contribution in [2.45, 2.75) is 6.42 Å². The molecule has 0 amide bonds. The minimum absolute atomic E-state index is 0.304. The molecule has 0 unspecified atom stereocenters. The Balaban J connectivity index is 2.87. The van der Waals surface area contributed by atoms with Gasteiger partial charge in [-0.05, 0) is 29.9 Å². The van der Waals surface area contributed by atoms with Crippen molar-refractivity contribution < 1.29 is 14.3 Å². The van der Waals surface area contributed by atoms with E-state index in [-0.39, 0.29) is 5.56 Å². The molecule has 1 aromatic rings. The maximum absolute atomic E-state index is 13.2. The molecule has 0 saturated heterocycles. The molecule has 0 fully saturated rings. The van der Waals surface area contributed by atoms with Crippen LogP contribution in [0, 0.1) is 5.82 Å². The monoisotopic (exact) mass is 226 g/mol. The van der Waals surface area contributed by atoms with E-state index >= 15 is 0 Å². The number of aromatic carboxylic acids is 1. The van der Waals surface area contributed by atoms with Crippen molar-refractivity contribution in [1.82, 2.24) is 0 Å². The third-order valence-electron chi connectivity index (χ3n) is 1.83. The second-order valence-electron chi connectivity index (χ2n) is 2.96. The average molecular weight is 226 g/mol. The van der Waals surface area contributed by atoms with Crippen molar-refractivity contribution >= 4 is 24.7 Å². The fraction of sp³-hybridized carbons (Fsp3) is 0.182. The van der Waals surface area contributed by atoms with Gasteiger partial charge in [0.15, 0.2) is 0 Å². The van der Waals surface area contributed by atoms with E-state index in [0.717, 1.165) is 12.2 Å². The first-order chi connectivity index (χ1) is 7.15. The molecule has 1 rings (SSSR count). The van der Waals surface area contributed by atoms with Crippen LogP contribution in [0.3, 0.4) is 0 Å². The summed E-state index contributed by atoms with van der Waals surface area (Å²) in [5.41, 5.74) is 0.348. The van der Waals surface area contributed by atoms with Gasteiger partial charge in [-0.3, -0.25) is 0 Å². The lowest BCUT2D eigenvalue weighted by Gasteiger charge is -1.98. The number of rotatable bonds is 4. The summed E-state index contributed by atoms with van der Waals surface area (Å²) >= 11 is 4.03. The zero-order chi connectivity index (χ0) is 11.3. The van der Waals surface area contributed by atoms with Gasteiger partial charge in [-0.1, -0.05) is 18.2 Å². The Labute approximate surface area is 92.8 Å². The molecule has 0 saturated carbocycles. The van der Waals surface area contributed by atoms with E-state index < -0.39 is 11.8 Å². The molecule has 0 aromatic heterocycles. The zero-order valence-electron chi connectivity index (χ0n) is 7.98. The summed E-state index contributed by atoms with van der Waals surface area (Å²) in [4.78, 5) is 10.5. The second kappa shape index (κ2) is 5.56. The Morgan fingerprint density at radius 1 is 1.53 bits per heavy atom. The summed E-state index contributed by atoms with van der Waals surface area (Å²) in [6.45, 7) is 0. The van der Waals surface area contributed by atoms with Gasteiger partial charge in [0.05, 0.1) is 5.56 Å². The summed E-state index contributed by atoms with van der Waals surface area (Å²) in [5.74, 6) is -1.24. The largest absolute Gasteiger partial charge is 0.478 e. The summed E-state index contributed by atoms with van der Waals surface area (Å²) in [5, 5.41) is 8.60. The zero-order valence-corrected chi connectivity index (χ0v) is 8.88. The predicted octanol–water partition coefficient (Wildman–Crippen LogP) is 2.86. The molecule has 0 aliphatic heterocycles. The van der Waals surface area contributed by atoms with Crippen molar-refractivity contribution in [3.8, 4) is 0 Å². The van der Waals surface area contributed by atoms with Crippen LogP contribution in [-0.2, 0) is 0 Å². The molecule has 1 N–H and O–H groups in total.